The topological polar surface area (TPSA) is 46.6 Å². The van der Waals surface area contributed by atoms with E-state index in [1.807, 2.05) is 51.1 Å². The predicted molar refractivity (Wildman–Crippen MR) is 99.3 cm³/mol. The lowest BCUT2D eigenvalue weighted by atomic mass is 10.0. The lowest BCUT2D eigenvalue weighted by Gasteiger charge is -2.44. The number of morpholine rings is 1. The Kier molecular flexibility index (Phi) is 4.95. The summed E-state index contributed by atoms with van der Waals surface area (Å²) in [5, 5.41) is 0.610. The number of hydrogen-bond donors (Lipinski definition) is 0. The van der Waals surface area contributed by atoms with Gasteiger partial charge < -0.3 is 4.74 Å². The quantitative estimate of drug-likeness (QED) is 0.803. The molecule has 0 bridgehead atoms. The molecule has 2 aromatic rings. The average Bonchev–Trinajstić information content (AvgIpc) is 2.54. The maximum atomic E-state index is 13.2. The first-order valence-electron chi connectivity index (χ1n) is 8.17. The van der Waals surface area contributed by atoms with Gasteiger partial charge in [-0.25, -0.2) is 8.42 Å². The molecule has 1 unspecified atom stereocenters. The monoisotopic (exact) mass is 379 g/mol. The Hall–Kier alpha value is -1.40. The van der Waals surface area contributed by atoms with Crippen molar-refractivity contribution in [3.05, 3.63) is 64.7 Å². The van der Waals surface area contributed by atoms with Crippen molar-refractivity contribution in [1.29, 1.82) is 0 Å². The third-order valence-electron chi connectivity index (χ3n) is 4.47. The zero-order chi connectivity index (χ0) is 18.2. The Bertz CT molecular complexity index is 862. The molecule has 0 aliphatic carbocycles. The molecule has 1 aliphatic rings. The Morgan fingerprint density at radius 2 is 1.84 bits per heavy atom. The summed E-state index contributed by atoms with van der Waals surface area (Å²) in [6.45, 7) is 6.27. The second-order valence-corrected chi connectivity index (χ2v) is 9.32. The number of ether oxygens (including phenoxy) is 1. The van der Waals surface area contributed by atoms with Gasteiger partial charge in [-0.2, -0.15) is 4.31 Å². The van der Waals surface area contributed by atoms with Crippen LogP contribution in [-0.2, 0) is 14.8 Å². The van der Waals surface area contributed by atoms with E-state index >= 15 is 0 Å². The molecule has 1 heterocycles. The van der Waals surface area contributed by atoms with E-state index in [0.717, 1.165) is 11.1 Å². The third-order valence-corrected chi connectivity index (χ3v) is 6.80. The smallest absolute Gasteiger partial charge is 0.243 e. The molecule has 1 saturated heterocycles. The summed E-state index contributed by atoms with van der Waals surface area (Å²) in [6, 6.07) is 14.3. The van der Waals surface area contributed by atoms with Gasteiger partial charge in [0, 0.05) is 11.6 Å². The zero-order valence-corrected chi connectivity index (χ0v) is 16.1. The normalized spacial score (nSPS) is 21.2. The van der Waals surface area contributed by atoms with Gasteiger partial charge in [-0.05, 0) is 50.6 Å². The molecule has 6 heteroatoms. The summed E-state index contributed by atoms with van der Waals surface area (Å²) in [5.74, 6) is 0. The van der Waals surface area contributed by atoms with Gasteiger partial charge in [-0.1, -0.05) is 41.4 Å². The molecule has 0 radical (unpaired) electrons. The van der Waals surface area contributed by atoms with E-state index < -0.39 is 15.6 Å². The van der Waals surface area contributed by atoms with E-state index in [2.05, 4.69) is 0 Å². The minimum absolute atomic E-state index is 0.254. The Morgan fingerprint density at radius 3 is 2.48 bits per heavy atom. The first-order valence-corrected chi connectivity index (χ1v) is 9.98. The van der Waals surface area contributed by atoms with Crippen LogP contribution in [0.5, 0.6) is 0 Å². The van der Waals surface area contributed by atoms with Gasteiger partial charge in [0.15, 0.2) is 0 Å². The van der Waals surface area contributed by atoms with Crippen LogP contribution in [0.15, 0.2) is 53.4 Å². The van der Waals surface area contributed by atoms with Gasteiger partial charge >= 0.3 is 0 Å². The van der Waals surface area contributed by atoms with Crippen LogP contribution < -0.4 is 0 Å². The number of sulfonamides is 1. The molecule has 0 aromatic heterocycles. The van der Waals surface area contributed by atoms with Crippen molar-refractivity contribution in [3.63, 3.8) is 0 Å². The minimum atomic E-state index is -3.62. The van der Waals surface area contributed by atoms with Crippen LogP contribution in [-0.4, -0.2) is 31.4 Å². The Morgan fingerprint density at radius 1 is 1.16 bits per heavy atom. The number of rotatable bonds is 3. The molecular formula is C19H22ClNO3S. The van der Waals surface area contributed by atoms with E-state index in [1.165, 1.54) is 0 Å². The van der Waals surface area contributed by atoms with Crippen molar-refractivity contribution >= 4 is 21.6 Å². The highest BCUT2D eigenvalue weighted by Crippen LogP contribution is 2.35. The van der Waals surface area contributed by atoms with Crippen LogP contribution in [0.3, 0.4) is 0 Å². The molecule has 1 fully saturated rings. The predicted octanol–water partition coefficient (Wildman–Crippen LogP) is 4.19. The number of aryl methyl sites for hydroxylation is 1. The molecule has 0 saturated carbocycles. The largest absolute Gasteiger partial charge is 0.370 e. The maximum Gasteiger partial charge on any atom is 0.243 e. The molecule has 25 heavy (non-hydrogen) atoms. The van der Waals surface area contributed by atoms with Crippen molar-refractivity contribution in [2.45, 2.75) is 37.3 Å². The van der Waals surface area contributed by atoms with Crippen molar-refractivity contribution in [2.24, 2.45) is 0 Å². The maximum absolute atomic E-state index is 13.2. The molecule has 2 aromatic carbocycles. The van der Waals surface area contributed by atoms with Crippen molar-refractivity contribution in [3.8, 4) is 0 Å². The van der Waals surface area contributed by atoms with Crippen LogP contribution in [0.1, 0.15) is 31.1 Å². The van der Waals surface area contributed by atoms with E-state index in [4.69, 9.17) is 16.3 Å². The van der Waals surface area contributed by atoms with Gasteiger partial charge in [0.25, 0.3) is 0 Å². The number of hydrogen-bond acceptors (Lipinski definition) is 3. The highest BCUT2D eigenvalue weighted by molar-refractivity contribution is 7.89. The van der Waals surface area contributed by atoms with E-state index in [9.17, 15) is 8.42 Å². The SMILES string of the molecule is Cc1ccc(S(=O)(=O)N2CC(c3cccc(Cl)c3)OCC2(C)C)cc1. The van der Waals surface area contributed by atoms with Crippen LogP contribution in [0, 0.1) is 6.92 Å². The fourth-order valence-electron chi connectivity index (χ4n) is 3.00. The van der Waals surface area contributed by atoms with Crippen molar-refractivity contribution in [2.75, 3.05) is 13.2 Å². The number of nitrogens with zero attached hydrogens (tertiary/aromatic N) is 1. The van der Waals surface area contributed by atoms with Gasteiger partial charge in [0.1, 0.15) is 0 Å². The molecule has 0 amide bonds. The number of halogens is 1. The second-order valence-electron chi connectivity index (χ2n) is 7.02. The van der Waals surface area contributed by atoms with E-state index in [0.29, 0.717) is 16.5 Å². The summed E-state index contributed by atoms with van der Waals surface area (Å²) in [5.41, 5.74) is 1.28. The highest BCUT2D eigenvalue weighted by atomic mass is 35.5. The van der Waals surface area contributed by atoms with Crippen LogP contribution in [0.4, 0.5) is 0 Å². The summed E-state index contributed by atoms with van der Waals surface area (Å²) in [6.07, 6.45) is -0.341. The van der Waals surface area contributed by atoms with Crippen LogP contribution in [0.25, 0.3) is 0 Å². The molecular weight excluding hydrogens is 358 g/mol. The van der Waals surface area contributed by atoms with Crippen molar-refractivity contribution < 1.29 is 13.2 Å². The molecule has 1 aliphatic heterocycles. The van der Waals surface area contributed by atoms with E-state index in [1.54, 1.807) is 22.5 Å². The first-order chi connectivity index (χ1) is 11.7. The Labute approximate surface area is 154 Å². The van der Waals surface area contributed by atoms with E-state index in [-0.39, 0.29) is 12.6 Å². The molecule has 134 valence electrons. The molecule has 0 N–H and O–H groups in total. The van der Waals surface area contributed by atoms with Crippen LogP contribution >= 0.6 is 11.6 Å². The van der Waals surface area contributed by atoms with Gasteiger partial charge in [-0.3, -0.25) is 0 Å². The standard InChI is InChI=1S/C19H22ClNO3S/c1-14-7-9-17(10-8-14)25(22,23)21-12-18(24-13-19(21,2)3)15-5-4-6-16(20)11-15/h4-11,18H,12-13H2,1-3H3. The Balaban J connectivity index is 1.95. The lowest BCUT2D eigenvalue weighted by molar-refractivity contribution is -0.0655. The molecule has 3 rings (SSSR count). The fourth-order valence-corrected chi connectivity index (χ4v) is 4.96. The van der Waals surface area contributed by atoms with Gasteiger partial charge in [0.05, 0.1) is 23.1 Å². The number of benzene rings is 2. The summed E-state index contributed by atoms with van der Waals surface area (Å²) >= 11 is 6.07. The molecule has 1 atom stereocenters. The molecule has 0 spiro atoms. The van der Waals surface area contributed by atoms with Crippen molar-refractivity contribution in [1.82, 2.24) is 4.31 Å². The lowest BCUT2D eigenvalue weighted by Crippen LogP contribution is -2.56. The zero-order valence-electron chi connectivity index (χ0n) is 14.6. The molecule has 4 nitrogen and oxygen atoms in total. The highest BCUT2D eigenvalue weighted by Gasteiger charge is 2.43. The van der Waals surface area contributed by atoms with Crippen LogP contribution in [0.2, 0.25) is 5.02 Å². The first kappa shape index (κ1) is 18.4. The summed E-state index contributed by atoms with van der Waals surface area (Å²) in [7, 11) is -3.62. The second kappa shape index (κ2) is 6.72. The summed E-state index contributed by atoms with van der Waals surface area (Å²) < 4.78 is 33.9. The fraction of sp³-hybridized carbons (Fsp3) is 0.368. The summed E-state index contributed by atoms with van der Waals surface area (Å²) in [4.78, 5) is 0.304. The van der Waals surface area contributed by atoms with Gasteiger partial charge in [-0.15, -0.1) is 0 Å². The third kappa shape index (κ3) is 3.75. The minimum Gasteiger partial charge on any atom is -0.370 e. The van der Waals surface area contributed by atoms with Gasteiger partial charge in [0.2, 0.25) is 10.0 Å². The average molecular weight is 380 g/mol.